The van der Waals surface area contributed by atoms with Gasteiger partial charge in [-0.25, -0.2) is 14.6 Å². The lowest BCUT2D eigenvalue weighted by atomic mass is 9.94. The lowest BCUT2D eigenvalue weighted by molar-refractivity contribution is 0.00704. The van der Waals surface area contributed by atoms with Gasteiger partial charge in [0, 0.05) is 31.2 Å². The predicted molar refractivity (Wildman–Crippen MR) is 192 cm³/mol. The summed E-state index contributed by atoms with van der Waals surface area (Å²) in [5.74, 6) is 0.745. The molecular formula is C40H52N4O3. The molecule has 7 heteroatoms. The zero-order valence-corrected chi connectivity index (χ0v) is 29.0. The van der Waals surface area contributed by atoms with Crippen LogP contribution in [0.2, 0.25) is 0 Å². The molecule has 7 nitrogen and oxygen atoms in total. The molecule has 1 aromatic heterocycles. The fourth-order valence-electron chi connectivity index (χ4n) is 6.52. The summed E-state index contributed by atoms with van der Waals surface area (Å²) in [5, 5.41) is 3.19. The molecule has 1 fully saturated rings. The number of nitrogens with zero attached hydrogens (tertiary/aromatic N) is 3. The van der Waals surface area contributed by atoms with E-state index in [0.29, 0.717) is 18.7 Å². The summed E-state index contributed by atoms with van der Waals surface area (Å²) in [7, 11) is 0. The third kappa shape index (κ3) is 8.62. The van der Waals surface area contributed by atoms with Crippen molar-refractivity contribution in [1.82, 2.24) is 14.9 Å². The van der Waals surface area contributed by atoms with E-state index >= 15 is 0 Å². The molecular weight excluding hydrogens is 584 g/mol. The van der Waals surface area contributed by atoms with Gasteiger partial charge in [0.15, 0.2) is 0 Å². The highest BCUT2D eigenvalue weighted by Crippen LogP contribution is 2.32. The molecule has 1 aliphatic carbocycles. The monoisotopic (exact) mass is 636 g/mol. The van der Waals surface area contributed by atoms with Crippen LogP contribution in [0.1, 0.15) is 114 Å². The summed E-state index contributed by atoms with van der Waals surface area (Å²) in [6, 6.07) is 22.6. The Balaban J connectivity index is 1.47. The van der Waals surface area contributed by atoms with Crippen LogP contribution >= 0.6 is 0 Å². The van der Waals surface area contributed by atoms with Crippen LogP contribution in [0.15, 0.2) is 66.7 Å². The first-order chi connectivity index (χ1) is 22.7. The van der Waals surface area contributed by atoms with Gasteiger partial charge in [-0.3, -0.25) is 4.90 Å². The first-order valence-corrected chi connectivity index (χ1v) is 17.7. The summed E-state index contributed by atoms with van der Waals surface area (Å²) < 4.78 is 8.02. The molecule has 1 N–H and O–H groups in total. The second-order valence-electron chi connectivity index (χ2n) is 13.9. The molecule has 0 bridgehead atoms. The zero-order valence-electron chi connectivity index (χ0n) is 29.0. The number of fused-ring (bicyclic) bond motifs is 1. The summed E-state index contributed by atoms with van der Waals surface area (Å²) in [4.78, 5) is 33.7. The van der Waals surface area contributed by atoms with E-state index in [1.807, 2.05) is 49.9 Å². The Bertz CT molecular complexity index is 1640. The highest BCUT2D eigenvalue weighted by molar-refractivity contribution is 5.97. The summed E-state index contributed by atoms with van der Waals surface area (Å²) in [5.41, 5.74) is 5.91. The molecule has 1 heterocycles. The number of rotatable bonds is 12. The van der Waals surface area contributed by atoms with E-state index in [4.69, 9.17) is 9.72 Å². The van der Waals surface area contributed by atoms with Crippen molar-refractivity contribution in [3.63, 3.8) is 0 Å². The smallest absolute Gasteiger partial charge is 0.339 e. The SMILES string of the molecule is CCCCNC(=O)N(c1ccc2nc(CCCC)n(Cc3ccc(-c4ccccc4C(=O)OC(C)(C)C)cc3)c2c1)C1CCCCC1. The number of anilines is 1. The molecule has 250 valence electrons. The zero-order chi connectivity index (χ0) is 33.4. The lowest BCUT2D eigenvalue weighted by Gasteiger charge is -2.34. The number of hydrogen-bond acceptors (Lipinski definition) is 4. The summed E-state index contributed by atoms with van der Waals surface area (Å²) in [6.45, 7) is 11.4. The van der Waals surface area contributed by atoms with Crippen molar-refractivity contribution in [2.45, 2.75) is 117 Å². The molecule has 4 aromatic rings. The van der Waals surface area contributed by atoms with Gasteiger partial charge in [0.2, 0.25) is 0 Å². The van der Waals surface area contributed by atoms with Gasteiger partial charge in [-0.05, 0) is 87.4 Å². The van der Waals surface area contributed by atoms with Gasteiger partial charge in [0.25, 0.3) is 0 Å². The molecule has 5 rings (SSSR count). The molecule has 1 aliphatic rings. The van der Waals surface area contributed by atoms with Crippen molar-refractivity contribution in [2.75, 3.05) is 11.4 Å². The number of imidazole rings is 1. The van der Waals surface area contributed by atoms with Gasteiger partial charge in [0.1, 0.15) is 11.4 Å². The third-order valence-electron chi connectivity index (χ3n) is 8.96. The lowest BCUT2D eigenvalue weighted by Crippen LogP contribution is -2.47. The van der Waals surface area contributed by atoms with Crippen molar-refractivity contribution in [3.05, 3.63) is 83.7 Å². The van der Waals surface area contributed by atoms with Crippen LogP contribution in [0, 0.1) is 0 Å². The number of benzene rings is 3. The molecule has 0 radical (unpaired) electrons. The maximum atomic E-state index is 13.6. The van der Waals surface area contributed by atoms with Crippen molar-refractivity contribution in [2.24, 2.45) is 0 Å². The minimum absolute atomic E-state index is 0.00391. The molecule has 0 unspecified atom stereocenters. The van der Waals surface area contributed by atoms with E-state index in [1.54, 1.807) is 0 Å². The van der Waals surface area contributed by atoms with Gasteiger partial charge in [-0.2, -0.15) is 0 Å². The Morgan fingerprint density at radius 2 is 1.66 bits per heavy atom. The molecule has 0 spiro atoms. The number of ether oxygens (including phenoxy) is 1. The highest BCUT2D eigenvalue weighted by atomic mass is 16.6. The Kier molecular flexibility index (Phi) is 11.4. The number of urea groups is 1. The van der Waals surface area contributed by atoms with Crippen LogP contribution in [0.5, 0.6) is 0 Å². The van der Waals surface area contributed by atoms with Crippen molar-refractivity contribution in [3.8, 4) is 11.1 Å². The molecule has 0 aliphatic heterocycles. The molecule has 1 saturated carbocycles. The first kappa shape index (κ1) is 34.2. The average molecular weight is 637 g/mol. The van der Waals surface area contributed by atoms with Crippen LogP contribution in [0.4, 0.5) is 10.5 Å². The quantitative estimate of drug-likeness (QED) is 0.124. The van der Waals surface area contributed by atoms with Gasteiger partial charge in [-0.15, -0.1) is 0 Å². The van der Waals surface area contributed by atoms with Gasteiger partial charge < -0.3 is 14.6 Å². The van der Waals surface area contributed by atoms with Gasteiger partial charge in [-0.1, -0.05) is 88.4 Å². The van der Waals surface area contributed by atoms with Crippen LogP contribution in [-0.2, 0) is 17.7 Å². The summed E-state index contributed by atoms with van der Waals surface area (Å²) >= 11 is 0. The molecule has 47 heavy (non-hydrogen) atoms. The Hall–Kier alpha value is -4.13. The van der Waals surface area contributed by atoms with Crippen LogP contribution in [0.3, 0.4) is 0 Å². The maximum Gasteiger partial charge on any atom is 0.339 e. The molecule has 0 atom stereocenters. The fourth-order valence-corrected chi connectivity index (χ4v) is 6.52. The highest BCUT2D eigenvalue weighted by Gasteiger charge is 2.28. The van der Waals surface area contributed by atoms with E-state index in [9.17, 15) is 9.59 Å². The van der Waals surface area contributed by atoms with Crippen molar-refractivity contribution in [1.29, 1.82) is 0 Å². The minimum atomic E-state index is -0.566. The number of unbranched alkanes of at least 4 members (excludes halogenated alkanes) is 2. The van der Waals surface area contributed by atoms with Crippen LogP contribution < -0.4 is 10.2 Å². The molecule has 0 saturated heterocycles. The number of nitrogens with one attached hydrogen (secondary N) is 1. The fraction of sp³-hybridized carbons (Fsp3) is 0.475. The van der Waals surface area contributed by atoms with Crippen LogP contribution in [-0.4, -0.2) is 39.7 Å². The third-order valence-corrected chi connectivity index (χ3v) is 8.96. The second kappa shape index (κ2) is 15.6. The van der Waals surface area contributed by atoms with E-state index in [0.717, 1.165) is 97.0 Å². The van der Waals surface area contributed by atoms with Gasteiger partial charge >= 0.3 is 12.0 Å². The first-order valence-electron chi connectivity index (χ1n) is 17.7. The minimum Gasteiger partial charge on any atom is -0.456 e. The Labute approximate surface area is 280 Å². The Morgan fingerprint density at radius 3 is 2.36 bits per heavy atom. The second-order valence-corrected chi connectivity index (χ2v) is 13.9. The normalized spacial score (nSPS) is 13.9. The predicted octanol–water partition coefficient (Wildman–Crippen LogP) is 9.70. The molecule has 3 aromatic carbocycles. The standard InChI is InChI=1S/C40H52N4O3/c1-6-8-19-37-42-35-25-24-32(44(31-15-11-10-12-16-31)39(46)41-26-9-7-2)27-36(35)43(37)28-29-20-22-30(23-21-29)33-17-13-14-18-34(33)38(45)47-40(3,4)5/h13-14,17-18,20-25,27,31H,6-12,15-16,19,26,28H2,1-5H3,(H,41,46). The average Bonchev–Trinajstić information content (AvgIpc) is 3.40. The number of amides is 2. The molecule has 2 amide bonds. The topological polar surface area (TPSA) is 76.5 Å². The largest absolute Gasteiger partial charge is 0.456 e. The number of carbonyl (C=O) groups is 2. The van der Waals surface area contributed by atoms with Crippen molar-refractivity contribution < 1.29 is 14.3 Å². The number of esters is 1. The van der Waals surface area contributed by atoms with E-state index in [2.05, 4.69) is 66.2 Å². The number of aryl methyl sites for hydroxylation is 1. The van der Waals surface area contributed by atoms with Gasteiger partial charge in [0.05, 0.1) is 16.6 Å². The van der Waals surface area contributed by atoms with E-state index in [1.165, 1.54) is 6.42 Å². The number of carbonyl (C=O) groups excluding carboxylic acids is 2. The van der Waals surface area contributed by atoms with E-state index < -0.39 is 5.60 Å². The Morgan fingerprint density at radius 1 is 0.936 bits per heavy atom. The number of hydrogen-bond donors (Lipinski definition) is 1. The van der Waals surface area contributed by atoms with Crippen molar-refractivity contribution >= 4 is 28.7 Å². The van der Waals surface area contributed by atoms with E-state index in [-0.39, 0.29) is 18.0 Å². The number of aromatic nitrogens is 2. The summed E-state index contributed by atoms with van der Waals surface area (Å²) in [6.07, 6.45) is 10.7. The maximum absolute atomic E-state index is 13.6. The van der Waals surface area contributed by atoms with Crippen LogP contribution in [0.25, 0.3) is 22.2 Å².